The fourth-order valence-electron chi connectivity index (χ4n) is 3.62. The lowest BCUT2D eigenvalue weighted by atomic mass is 10.1. The van der Waals surface area contributed by atoms with Crippen LogP contribution in [0.3, 0.4) is 0 Å². The molecule has 0 atom stereocenters. The Morgan fingerprint density at radius 1 is 0.966 bits per heavy atom. The van der Waals surface area contributed by atoms with E-state index >= 15 is 0 Å². The third-order valence-electron chi connectivity index (χ3n) is 5.26. The van der Waals surface area contributed by atoms with E-state index in [0.717, 1.165) is 22.2 Å². The summed E-state index contributed by atoms with van der Waals surface area (Å²) in [5, 5.41) is 0.949. The summed E-state index contributed by atoms with van der Waals surface area (Å²) in [6, 6.07) is 16.9. The van der Waals surface area contributed by atoms with Crippen LogP contribution in [0, 0.1) is 0 Å². The first-order chi connectivity index (χ1) is 14.1. The van der Waals surface area contributed by atoms with Gasteiger partial charge in [-0.2, -0.15) is 0 Å². The highest BCUT2D eigenvalue weighted by atomic mass is 16.5. The van der Waals surface area contributed by atoms with Crippen molar-refractivity contribution in [3.63, 3.8) is 0 Å². The van der Waals surface area contributed by atoms with Crippen LogP contribution in [0.4, 0.5) is 0 Å². The quantitative estimate of drug-likeness (QED) is 0.688. The van der Waals surface area contributed by atoms with Gasteiger partial charge in [-0.05, 0) is 42.0 Å². The number of hydrogen-bond donors (Lipinski definition) is 0. The van der Waals surface area contributed by atoms with Gasteiger partial charge in [0, 0.05) is 43.3 Å². The van der Waals surface area contributed by atoms with Gasteiger partial charge in [0.25, 0.3) is 5.91 Å². The molecule has 1 aliphatic rings. The third kappa shape index (κ3) is 4.21. The number of piperazine rings is 1. The molecule has 0 bridgehead atoms. The highest BCUT2D eigenvalue weighted by molar-refractivity contribution is 5.98. The molecule has 0 spiro atoms. The van der Waals surface area contributed by atoms with Gasteiger partial charge in [0.2, 0.25) is 5.91 Å². The summed E-state index contributed by atoms with van der Waals surface area (Å²) in [7, 11) is 1.61. The van der Waals surface area contributed by atoms with E-state index in [1.165, 1.54) is 0 Å². The fraction of sp³-hybridized carbons (Fsp3) is 0.261. The van der Waals surface area contributed by atoms with E-state index in [9.17, 15) is 9.59 Å². The number of aromatic nitrogens is 1. The van der Waals surface area contributed by atoms with Crippen LogP contribution in [0.5, 0.6) is 5.75 Å². The van der Waals surface area contributed by atoms with Crippen molar-refractivity contribution in [2.75, 3.05) is 33.3 Å². The minimum absolute atomic E-state index is 0.00403. The molecule has 29 heavy (non-hydrogen) atoms. The van der Waals surface area contributed by atoms with Crippen molar-refractivity contribution in [1.29, 1.82) is 0 Å². The van der Waals surface area contributed by atoms with Gasteiger partial charge < -0.3 is 14.5 Å². The summed E-state index contributed by atoms with van der Waals surface area (Å²) in [5.74, 6) is 0.814. The first kappa shape index (κ1) is 18.9. The second-order valence-electron chi connectivity index (χ2n) is 7.11. The summed E-state index contributed by atoms with van der Waals surface area (Å²) in [6.45, 7) is 2.16. The second-order valence-corrected chi connectivity index (χ2v) is 7.11. The molecule has 0 saturated carbocycles. The number of ether oxygens (including phenoxy) is 1. The van der Waals surface area contributed by atoms with Gasteiger partial charge in [-0.3, -0.25) is 14.6 Å². The molecular formula is C23H23N3O3. The van der Waals surface area contributed by atoms with Crippen molar-refractivity contribution in [2.45, 2.75) is 6.42 Å². The molecular weight excluding hydrogens is 366 g/mol. The van der Waals surface area contributed by atoms with Gasteiger partial charge in [0.05, 0.1) is 19.0 Å². The molecule has 3 aromatic rings. The lowest BCUT2D eigenvalue weighted by molar-refractivity contribution is -0.131. The number of fused-ring (bicyclic) bond motifs is 1. The minimum atomic E-state index is -0.00403. The zero-order chi connectivity index (χ0) is 20.2. The van der Waals surface area contributed by atoms with E-state index in [4.69, 9.17) is 4.74 Å². The van der Waals surface area contributed by atoms with E-state index < -0.39 is 0 Å². The standard InChI is InChI=1S/C23H23N3O3/c1-29-20-6-2-4-17(14-20)15-22(27)25-10-12-26(13-11-25)23(28)19-7-8-21-18(16-19)5-3-9-24-21/h2-9,14,16H,10-13,15H2,1H3. The number of pyridine rings is 1. The molecule has 6 nitrogen and oxygen atoms in total. The predicted molar refractivity (Wildman–Crippen MR) is 111 cm³/mol. The van der Waals surface area contributed by atoms with Gasteiger partial charge in [0.1, 0.15) is 5.75 Å². The van der Waals surface area contributed by atoms with Crippen LogP contribution in [-0.4, -0.2) is 59.9 Å². The Bertz CT molecular complexity index is 1040. The summed E-state index contributed by atoms with van der Waals surface area (Å²) in [5.41, 5.74) is 2.45. The Labute approximate surface area is 169 Å². The largest absolute Gasteiger partial charge is 0.497 e. The molecule has 0 N–H and O–H groups in total. The Hall–Kier alpha value is -3.41. The number of rotatable bonds is 4. The Kier molecular flexibility index (Phi) is 5.42. The van der Waals surface area contributed by atoms with Gasteiger partial charge in [-0.1, -0.05) is 18.2 Å². The van der Waals surface area contributed by atoms with Crippen molar-refractivity contribution >= 4 is 22.7 Å². The van der Waals surface area contributed by atoms with Crippen LogP contribution in [0.2, 0.25) is 0 Å². The maximum absolute atomic E-state index is 12.9. The van der Waals surface area contributed by atoms with E-state index in [-0.39, 0.29) is 11.8 Å². The number of amides is 2. The van der Waals surface area contributed by atoms with Crippen LogP contribution in [0.1, 0.15) is 15.9 Å². The number of nitrogens with zero attached hydrogens (tertiary/aromatic N) is 3. The summed E-state index contributed by atoms with van der Waals surface area (Å²) < 4.78 is 5.22. The van der Waals surface area contributed by atoms with E-state index in [1.807, 2.05) is 64.4 Å². The Morgan fingerprint density at radius 2 is 1.76 bits per heavy atom. The van der Waals surface area contributed by atoms with Crippen molar-refractivity contribution in [3.05, 3.63) is 71.9 Å². The topological polar surface area (TPSA) is 62.7 Å². The van der Waals surface area contributed by atoms with Crippen LogP contribution < -0.4 is 4.74 Å². The summed E-state index contributed by atoms with van der Waals surface area (Å²) in [6.07, 6.45) is 2.08. The average Bonchev–Trinajstić information content (AvgIpc) is 2.78. The monoisotopic (exact) mass is 389 g/mol. The molecule has 0 radical (unpaired) electrons. The lowest BCUT2D eigenvalue weighted by Gasteiger charge is -2.35. The molecule has 148 valence electrons. The Morgan fingerprint density at radius 3 is 2.55 bits per heavy atom. The van der Waals surface area contributed by atoms with E-state index in [0.29, 0.717) is 38.2 Å². The first-order valence-electron chi connectivity index (χ1n) is 9.69. The smallest absolute Gasteiger partial charge is 0.253 e. The third-order valence-corrected chi connectivity index (χ3v) is 5.26. The van der Waals surface area contributed by atoms with Gasteiger partial charge in [-0.15, -0.1) is 0 Å². The minimum Gasteiger partial charge on any atom is -0.497 e. The van der Waals surface area contributed by atoms with Crippen LogP contribution in [-0.2, 0) is 11.2 Å². The number of carbonyl (C=O) groups is 2. The number of carbonyl (C=O) groups excluding carboxylic acids is 2. The predicted octanol–water partition coefficient (Wildman–Crippen LogP) is 2.77. The molecule has 1 fully saturated rings. The van der Waals surface area contributed by atoms with E-state index in [1.54, 1.807) is 13.3 Å². The molecule has 1 aliphatic heterocycles. The average molecular weight is 389 g/mol. The fourth-order valence-corrected chi connectivity index (χ4v) is 3.62. The van der Waals surface area contributed by atoms with E-state index in [2.05, 4.69) is 4.98 Å². The molecule has 1 saturated heterocycles. The highest BCUT2D eigenvalue weighted by Crippen LogP contribution is 2.17. The van der Waals surface area contributed by atoms with Crippen molar-refractivity contribution < 1.29 is 14.3 Å². The first-order valence-corrected chi connectivity index (χ1v) is 9.69. The maximum atomic E-state index is 12.9. The molecule has 0 aliphatic carbocycles. The molecule has 6 heteroatoms. The second kappa shape index (κ2) is 8.31. The number of hydrogen-bond acceptors (Lipinski definition) is 4. The Balaban J connectivity index is 1.36. The van der Waals surface area contributed by atoms with Crippen molar-refractivity contribution in [3.8, 4) is 5.75 Å². The van der Waals surface area contributed by atoms with Crippen LogP contribution in [0.15, 0.2) is 60.8 Å². The molecule has 2 amide bonds. The maximum Gasteiger partial charge on any atom is 0.253 e. The SMILES string of the molecule is COc1cccc(CC(=O)N2CCN(C(=O)c3ccc4ncccc4c3)CC2)c1. The molecule has 0 unspecified atom stereocenters. The molecule has 2 heterocycles. The highest BCUT2D eigenvalue weighted by Gasteiger charge is 2.25. The van der Waals surface area contributed by atoms with Crippen LogP contribution >= 0.6 is 0 Å². The summed E-state index contributed by atoms with van der Waals surface area (Å²) in [4.78, 5) is 33.4. The summed E-state index contributed by atoms with van der Waals surface area (Å²) >= 11 is 0. The zero-order valence-electron chi connectivity index (χ0n) is 16.4. The van der Waals surface area contributed by atoms with Crippen molar-refractivity contribution in [2.24, 2.45) is 0 Å². The molecule has 1 aromatic heterocycles. The lowest BCUT2D eigenvalue weighted by Crippen LogP contribution is -2.51. The van der Waals surface area contributed by atoms with Gasteiger partial charge >= 0.3 is 0 Å². The number of benzene rings is 2. The normalized spacial score (nSPS) is 14.1. The molecule has 4 rings (SSSR count). The number of methoxy groups -OCH3 is 1. The van der Waals surface area contributed by atoms with Gasteiger partial charge in [0.15, 0.2) is 0 Å². The zero-order valence-corrected chi connectivity index (χ0v) is 16.4. The van der Waals surface area contributed by atoms with Crippen LogP contribution in [0.25, 0.3) is 10.9 Å². The van der Waals surface area contributed by atoms with Crippen molar-refractivity contribution in [1.82, 2.24) is 14.8 Å². The molecule has 2 aromatic carbocycles. The van der Waals surface area contributed by atoms with Gasteiger partial charge in [-0.25, -0.2) is 0 Å².